The zero-order chi connectivity index (χ0) is 17.9. The fourth-order valence-corrected chi connectivity index (χ4v) is 3.05. The summed E-state index contributed by atoms with van der Waals surface area (Å²) < 4.78 is 5.68. The molecule has 0 amide bonds. The molecule has 6 heteroatoms. The van der Waals surface area contributed by atoms with Gasteiger partial charge in [0.05, 0.1) is 10.7 Å². The van der Waals surface area contributed by atoms with Gasteiger partial charge in [0.1, 0.15) is 12.4 Å². The normalized spacial score (nSPS) is 11.2. The average molecular weight is 359 g/mol. The van der Waals surface area contributed by atoms with Crippen molar-refractivity contribution in [1.82, 2.24) is 15.6 Å². The maximum Gasteiger partial charge on any atom is 0.191 e. The molecular weight excluding hydrogens is 332 g/mol. The number of nitrogens with zero attached hydrogens (tertiary/aromatic N) is 2. The van der Waals surface area contributed by atoms with Crippen molar-refractivity contribution in [3.63, 3.8) is 0 Å². The summed E-state index contributed by atoms with van der Waals surface area (Å²) in [7, 11) is 1.77. The third kappa shape index (κ3) is 6.23. The number of hydrogen-bond acceptors (Lipinski definition) is 4. The SMILES string of the molecule is C=CCOc1ccccc1CNC(=NC)NCCc1csc(CC)n1. The minimum Gasteiger partial charge on any atom is -0.489 e. The van der Waals surface area contributed by atoms with E-state index in [1.165, 1.54) is 5.01 Å². The van der Waals surface area contributed by atoms with Crippen LogP contribution >= 0.6 is 11.3 Å². The van der Waals surface area contributed by atoms with E-state index in [0.29, 0.717) is 13.2 Å². The molecule has 0 saturated heterocycles. The van der Waals surface area contributed by atoms with Crippen LogP contribution in [0.4, 0.5) is 0 Å². The molecule has 0 spiro atoms. The van der Waals surface area contributed by atoms with E-state index in [0.717, 1.165) is 42.4 Å². The molecule has 0 bridgehead atoms. The molecule has 0 aliphatic carbocycles. The Morgan fingerprint density at radius 2 is 2.20 bits per heavy atom. The molecule has 1 aromatic heterocycles. The largest absolute Gasteiger partial charge is 0.489 e. The number of aliphatic imine (C=N–C) groups is 1. The predicted molar refractivity (Wildman–Crippen MR) is 106 cm³/mol. The van der Waals surface area contributed by atoms with E-state index in [-0.39, 0.29) is 0 Å². The molecule has 1 heterocycles. The lowest BCUT2D eigenvalue weighted by Gasteiger charge is -2.14. The Hall–Kier alpha value is -2.34. The van der Waals surface area contributed by atoms with Gasteiger partial charge < -0.3 is 15.4 Å². The third-order valence-electron chi connectivity index (χ3n) is 3.57. The molecule has 5 nitrogen and oxygen atoms in total. The highest BCUT2D eigenvalue weighted by molar-refractivity contribution is 7.09. The molecule has 0 saturated carbocycles. The Morgan fingerprint density at radius 1 is 1.36 bits per heavy atom. The van der Waals surface area contributed by atoms with Gasteiger partial charge in [-0.25, -0.2) is 4.98 Å². The standard InChI is InChI=1S/C19H26N4OS/c1-4-12-24-17-9-7-6-8-15(17)13-22-19(20-3)21-11-10-16-14-25-18(5-2)23-16/h4,6-9,14H,1,5,10-13H2,2-3H3,(H2,20,21,22). The van der Waals surface area contributed by atoms with Gasteiger partial charge in [-0.1, -0.05) is 37.8 Å². The van der Waals surface area contributed by atoms with E-state index >= 15 is 0 Å². The second kappa shape index (κ2) is 10.5. The van der Waals surface area contributed by atoms with Gasteiger partial charge in [-0.2, -0.15) is 0 Å². The van der Waals surface area contributed by atoms with Crippen LogP contribution in [0.1, 0.15) is 23.2 Å². The molecule has 0 fully saturated rings. The molecule has 0 aliphatic heterocycles. The number of aryl methyl sites for hydroxylation is 1. The van der Waals surface area contributed by atoms with Crippen LogP contribution in [0.25, 0.3) is 0 Å². The van der Waals surface area contributed by atoms with E-state index in [2.05, 4.69) is 39.5 Å². The second-order valence-corrected chi connectivity index (χ2v) is 6.34. The van der Waals surface area contributed by atoms with Crippen molar-refractivity contribution in [2.45, 2.75) is 26.3 Å². The van der Waals surface area contributed by atoms with Crippen molar-refractivity contribution in [3.05, 3.63) is 58.6 Å². The highest BCUT2D eigenvalue weighted by Crippen LogP contribution is 2.17. The Morgan fingerprint density at radius 3 is 2.92 bits per heavy atom. The van der Waals surface area contributed by atoms with Crippen molar-refractivity contribution < 1.29 is 4.74 Å². The molecule has 2 N–H and O–H groups in total. The molecule has 134 valence electrons. The maximum atomic E-state index is 5.68. The van der Waals surface area contributed by atoms with E-state index in [1.54, 1.807) is 24.5 Å². The molecule has 25 heavy (non-hydrogen) atoms. The highest BCUT2D eigenvalue weighted by Gasteiger charge is 2.05. The van der Waals surface area contributed by atoms with Crippen LogP contribution in [0.15, 0.2) is 47.3 Å². The fraction of sp³-hybridized carbons (Fsp3) is 0.368. The lowest BCUT2D eigenvalue weighted by molar-refractivity contribution is 0.358. The van der Waals surface area contributed by atoms with Crippen LogP contribution in [-0.4, -0.2) is 31.1 Å². The summed E-state index contributed by atoms with van der Waals surface area (Å²) in [5.74, 6) is 1.63. The van der Waals surface area contributed by atoms with Crippen LogP contribution < -0.4 is 15.4 Å². The van der Waals surface area contributed by atoms with E-state index in [9.17, 15) is 0 Å². The summed E-state index contributed by atoms with van der Waals surface area (Å²) in [5.41, 5.74) is 2.22. The van der Waals surface area contributed by atoms with Gasteiger partial charge in [-0.15, -0.1) is 11.3 Å². The first-order valence-corrected chi connectivity index (χ1v) is 9.34. The molecular formula is C19H26N4OS. The summed E-state index contributed by atoms with van der Waals surface area (Å²) in [4.78, 5) is 8.85. The number of rotatable bonds is 9. The lowest BCUT2D eigenvalue weighted by atomic mass is 10.2. The van der Waals surface area contributed by atoms with Crippen LogP contribution in [0.5, 0.6) is 5.75 Å². The molecule has 2 aromatic rings. The van der Waals surface area contributed by atoms with Gasteiger partial charge in [0.2, 0.25) is 0 Å². The van der Waals surface area contributed by atoms with Gasteiger partial charge >= 0.3 is 0 Å². The van der Waals surface area contributed by atoms with E-state index in [4.69, 9.17) is 4.74 Å². The molecule has 1 aromatic carbocycles. The highest BCUT2D eigenvalue weighted by atomic mass is 32.1. The van der Waals surface area contributed by atoms with E-state index < -0.39 is 0 Å². The number of nitrogens with one attached hydrogen (secondary N) is 2. The van der Waals surface area contributed by atoms with Crippen LogP contribution in [0.3, 0.4) is 0 Å². The first-order chi connectivity index (χ1) is 12.3. The Labute approximate surface area is 153 Å². The average Bonchev–Trinajstić information content (AvgIpc) is 3.11. The van der Waals surface area contributed by atoms with Crippen molar-refractivity contribution >= 4 is 17.3 Å². The van der Waals surface area contributed by atoms with Crippen molar-refractivity contribution in [1.29, 1.82) is 0 Å². The van der Waals surface area contributed by atoms with Gasteiger partial charge in [0, 0.05) is 37.5 Å². The number of ether oxygens (including phenoxy) is 1. The maximum absolute atomic E-state index is 5.68. The second-order valence-electron chi connectivity index (χ2n) is 5.40. The van der Waals surface area contributed by atoms with Gasteiger partial charge in [-0.3, -0.25) is 4.99 Å². The van der Waals surface area contributed by atoms with E-state index in [1.807, 2.05) is 24.3 Å². The summed E-state index contributed by atoms with van der Waals surface area (Å²) >= 11 is 1.72. The fourth-order valence-electron chi connectivity index (χ4n) is 2.27. The number of benzene rings is 1. The third-order valence-corrected chi connectivity index (χ3v) is 4.62. The van der Waals surface area contributed by atoms with Crippen molar-refractivity contribution in [2.75, 3.05) is 20.2 Å². The lowest BCUT2D eigenvalue weighted by Crippen LogP contribution is -2.38. The topological polar surface area (TPSA) is 58.5 Å². The number of aromatic nitrogens is 1. The molecule has 2 rings (SSSR count). The van der Waals surface area contributed by atoms with Gasteiger partial charge in [0.25, 0.3) is 0 Å². The number of thiazole rings is 1. The number of para-hydroxylation sites is 1. The summed E-state index contributed by atoms with van der Waals surface area (Å²) in [5, 5.41) is 9.96. The quantitative estimate of drug-likeness (QED) is 0.411. The zero-order valence-electron chi connectivity index (χ0n) is 14.9. The van der Waals surface area contributed by atoms with Gasteiger partial charge in [-0.05, 0) is 12.5 Å². The van der Waals surface area contributed by atoms with Crippen LogP contribution in [0.2, 0.25) is 0 Å². The van der Waals surface area contributed by atoms with Gasteiger partial charge in [0.15, 0.2) is 5.96 Å². The number of guanidine groups is 1. The monoisotopic (exact) mass is 358 g/mol. The molecule has 0 radical (unpaired) electrons. The van der Waals surface area contributed by atoms with Crippen LogP contribution in [0, 0.1) is 0 Å². The summed E-state index contributed by atoms with van der Waals surface area (Å²) in [6.07, 6.45) is 3.62. The smallest absolute Gasteiger partial charge is 0.191 e. The predicted octanol–water partition coefficient (Wildman–Crippen LogP) is 3.18. The first-order valence-electron chi connectivity index (χ1n) is 8.46. The van der Waals surface area contributed by atoms with Crippen molar-refractivity contribution in [2.24, 2.45) is 4.99 Å². The number of hydrogen-bond donors (Lipinski definition) is 2. The molecule has 0 atom stereocenters. The molecule has 0 unspecified atom stereocenters. The molecule has 0 aliphatic rings. The Kier molecular flexibility index (Phi) is 7.98. The minimum absolute atomic E-state index is 0.497. The summed E-state index contributed by atoms with van der Waals surface area (Å²) in [6.45, 7) is 7.75. The first kappa shape index (κ1) is 19.0. The Bertz CT molecular complexity index is 696. The minimum atomic E-state index is 0.497. The van der Waals surface area contributed by atoms with Crippen LogP contribution in [-0.2, 0) is 19.4 Å². The van der Waals surface area contributed by atoms with Crippen molar-refractivity contribution in [3.8, 4) is 5.75 Å². The Balaban J connectivity index is 1.81. The zero-order valence-corrected chi connectivity index (χ0v) is 15.7. The summed E-state index contributed by atoms with van der Waals surface area (Å²) in [6, 6.07) is 7.97.